The predicted octanol–water partition coefficient (Wildman–Crippen LogP) is 1.21. The van der Waals surface area contributed by atoms with Crippen molar-refractivity contribution in [1.82, 2.24) is 9.55 Å². The number of hydrogen-bond donors (Lipinski definition) is 1. The van der Waals surface area contributed by atoms with E-state index >= 15 is 0 Å². The van der Waals surface area contributed by atoms with Gasteiger partial charge in [-0.05, 0) is 12.5 Å². The fraction of sp³-hybridized carbons (Fsp3) is 0.214. The van der Waals surface area contributed by atoms with E-state index in [9.17, 15) is 9.59 Å². The first-order valence-electron chi connectivity index (χ1n) is 6.19. The van der Waals surface area contributed by atoms with Crippen LogP contribution in [0.3, 0.4) is 0 Å². The summed E-state index contributed by atoms with van der Waals surface area (Å²) in [6.45, 7) is 2.36. The number of imidazole rings is 1. The van der Waals surface area contributed by atoms with Crippen LogP contribution in [-0.2, 0) is 11.3 Å². The summed E-state index contributed by atoms with van der Waals surface area (Å²) < 4.78 is 6.40. The number of carbonyl (C=O) groups excluding carboxylic acids is 2. The molecule has 6 nitrogen and oxygen atoms in total. The lowest BCUT2D eigenvalue weighted by Gasteiger charge is -2.04. The summed E-state index contributed by atoms with van der Waals surface area (Å²) in [5, 5.41) is 0. The molecule has 1 heterocycles. The summed E-state index contributed by atoms with van der Waals surface area (Å²) in [5.74, 6) is -1.21. The standard InChI is InChI=1S/C14H15N3O3/c1-2-20-14(19)11-9-17(13(16-11)12(15)18)8-10-6-4-3-5-7-10/h3-7,9H,2,8H2,1H3,(H2,15,18). The molecule has 1 aromatic carbocycles. The minimum absolute atomic E-state index is 0.0388. The van der Waals surface area contributed by atoms with Crippen molar-refractivity contribution in [1.29, 1.82) is 0 Å². The molecular formula is C14H15N3O3. The van der Waals surface area contributed by atoms with Crippen LogP contribution in [0.25, 0.3) is 0 Å². The van der Waals surface area contributed by atoms with Gasteiger partial charge in [-0.1, -0.05) is 30.3 Å². The first-order valence-corrected chi connectivity index (χ1v) is 6.19. The van der Waals surface area contributed by atoms with Crippen molar-refractivity contribution in [2.24, 2.45) is 5.73 Å². The topological polar surface area (TPSA) is 87.2 Å². The summed E-state index contributed by atoms with van der Waals surface area (Å²) >= 11 is 0. The molecule has 2 N–H and O–H groups in total. The third-order valence-electron chi connectivity index (χ3n) is 2.68. The zero-order valence-corrected chi connectivity index (χ0v) is 11.1. The number of benzene rings is 1. The number of nitrogens with zero attached hydrogens (tertiary/aromatic N) is 2. The molecule has 2 rings (SSSR count). The monoisotopic (exact) mass is 273 g/mol. The van der Waals surface area contributed by atoms with Crippen LogP contribution >= 0.6 is 0 Å². The molecule has 0 bridgehead atoms. The van der Waals surface area contributed by atoms with Crippen LogP contribution in [0.5, 0.6) is 0 Å². The van der Waals surface area contributed by atoms with E-state index in [1.807, 2.05) is 30.3 Å². The maximum Gasteiger partial charge on any atom is 0.358 e. The van der Waals surface area contributed by atoms with Crippen LogP contribution in [0.4, 0.5) is 0 Å². The molecule has 0 aliphatic rings. The molecule has 0 spiro atoms. The molecule has 0 radical (unpaired) electrons. The SMILES string of the molecule is CCOC(=O)c1cn(Cc2ccccc2)c(C(N)=O)n1. The largest absolute Gasteiger partial charge is 0.461 e. The third-order valence-corrected chi connectivity index (χ3v) is 2.68. The number of rotatable bonds is 5. The average Bonchev–Trinajstić information content (AvgIpc) is 2.84. The molecule has 0 atom stereocenters. The van der Waals surface area contributed by atoms with E-state index in [0.717, 1.165) is 5.56 Å². The van der Waals surface area contributed by atoms with Crippen molar-refractivity contribution in [3.8, 4) is 0 Å². The lowest BCUT2D eigenvalue weighted by molar-refractivity contribution is 0.0520. The number of hydrogen-bond acceptors (Lipinski definition) is 4. The van der Waals surface area contributed by atoms with Crippen molar-refractivity contribution >= 4 is 11.9 Å². The van der Waals surface area contributed by atoms with Crippen LogP contribution in [0.1, 0.15) is 33.6 Å². The van der Waals surface area contributed by atoms with Crippen molar-refractivity contribution in [3.63, 3.8) is 0 Å². The molecule has 0 saturated carbocycles. The highest BCUT2D eigenvalue weighted by molar-refractivity contribution is 5.93. The predicted molar refractivity (Wildman–Crippen MR) is 72.2 cm³/mol. The Kier molecular flexibility index (Phi) is 4.14. The van der Waals surface area contributed by atoms with Gasteiger partial charge in [0.15, 0.2) is 11.5 Å². The number of aromatic nitrogens is 2. The minimum atomic E-state index is -0.684. The zero-order chi connectivity index (χ0) is 14.5. The van der Waals surface area contributed by atoms with Gasteiger partial charge in [0.1, 0.15) is 0 Å². The van der Waals surface area contributed by atoms with E-state index in [2.05, 4.69) is 4.98 Å². The first kappa shape index (κ1) is 13.8. The Bertz CT molecular complexity index is 620. The summed E-state index contributed by atoms with van der Waals surface area (Å²) in [4.78, 5) is 27.0. The lowest BCUT2D eigenvalue weighted by atomic mass is 10.2. The molecule has 0 aliphatic heterocycles. The number of primary amides is 1. The second-order valence-electron chi connectivity index (χ2n) is 4.15. The van der Waals surface area contributed by atoms with Crippen LogP contribution < -0.4 is 5.73 Å². The van der Waals surface area contributed by atoms with Crippen molar-refractivity contribution in [2.45, 2.75) is 13.5 Å². The quantitative estimate of drug-likeness (QED) is 0.829. The molecule has 1 aromatic heterocycles. The molecule has 6 heteroatoms. The van der Waals surface area contributed by atoms with E-state index < -0.39 is 11.9 Å². The Morgan fingerprint density at radius 3 is 2.60 bits per heavy atom. The number of carbonyl (C=O) groups is 2. The number of amides is 1. The number of esters is 1. The third kappa shape index (κ3) is 3.03. The van der Waals surface area contributed by atoms with E-state index in [1.165, 1.54) is 6.20 Å². The molecule has 104 valence electrons. The second-order valence-corrected chi connectivity index (χ2v) is 4.15. The average molecular weight is 273 g/mol. The molecule has 0 unspecified atom stereocenters. The Labute approximate surface area is 116 Å². The van der Waals surface area contributed by atoms with Gasteiger partial charge in [-0.3, -0.25) is 4.79 Å². The van der Waals surface area contributed by atoms with Crippen molar-refractivity contribution < 1.29 is 14.3 Å². The van der Waals surface area contributed by atoms with E-state index in [-0.39, 0.29) is 18.1 Å². The van der Waals surface area contributed by atoms with Gasteiger partial charge in [-0.2, -0.15) is 0 Å². The van der Waals surface area contributed by atoms with Gasteiger partial charge in [-0.15, -0.1) is 0 Å². The van der Waals surface area contributed by atoms with Gasteiger partial charge in [0.2, 0.25) is 0 Å². The highest BCUT2D eigenvalue weighted by Gasteiger charge is 2.18. The van der Waals surface area contributed by atoms with Gasteiger partial charge < -0.3 is 15.0 Å². The first-order chi connectivity index (χ1) is 9.61. The molecule has 20 heavy (non-hydrogen) atoms. The van der Waals surface area contributed by atoms with Crippen molar-refractivity contribution in [2.75, 3.05) is 6.61 Å². The highest BCUT2D eigenvalue weighted by atomic mass is 16.5. The van der Waals surface area contributed by atoms with Gasteiger partial charge in [0, 0.05) is 12.7 Å². The molecule has 0 aliphatic carbocycles. The molecule has 2 aromatic rings. The van der Waals surface area contributed by atoms with Gasteiger partial charge >= 0.3 is 5.97 Å². The fourth-order valence-electron chi connectivity index (χ4n) is 1.82. The van der Waals surface area contributed by atoms with E-state index in [4.69, 9.17) is 10.5 Å². The van der Waals surface area contributed by atoms with E-state index in [0.29, 0.717) is 6.54 Å². The maximum atomic E-state index is 11.6. The van der Waals surface area contributed by atoms with Crippen LogP contribution in [0, 0.1) is 0 Å². The number of nitrogens with two attached hydrogens (primary N) is 1. The Hall–Kier alpha value is -2.63. The molecule has 0 saturated heterocycles. The molecule has 1 amide bonds. The lowest BCUT2D eigenvalue weighted by Crippen LogP contribution is -2.18. The zero-order valence-electron chi connectivity index (χ0n) is 11.1. The van der Waals surface area contributed by atoms with Gasteiger partial charge in [0.25, 0.3) is 5.91 Å². The smallest absolute Gasteiger partial charge is 0.358 e. The normalized spacial score (nSPS) is 10.2. The molecule has 0 fully saturated rings. The Morgan fingerprint density at radius 1 is 1.30 bits per heavy atom. The maximum absolute atomic E-state index is 11.6. The summed E-state index contributed by atoms with van der Waals surface area (Å²) in [7, 11) is 0. The van der Waals surface area contributed by atoms with Gasteiger partial charge in [0.05, 0.1) is 6.61 Å². The summed E-state index contributed by atoms with van der Waals surface area (Å²) in [6.07, 6.45) is 1.48. The summed E-state index contributed by atoms with van der Waals surface area (Å²) in [5.41, 5.74) is 6.34. The second kappa shape index (κ2) is 6.01. The summed E-state index contributed by atoms with van der Waals surface area (Å²) in [6, 6.07) is 9.50. The Morgan fingerprint density at radius 2 is 2.00 bits per heavy atom. The van der Waals surface area contributed by atoms with Crippen LogP contribution in [0.15, 0.2) is 36.5 Å². The van der Waals surface area contributed by atoms with Crippen LogP contribution in [0.2, 0.25) is 0 Å². The fourth-order valence-corrected chi connectivity index (χ4v) is 1.82. The van der Waals surface area contributed by atoms with Crippen molar-refractivity contribution in [3.05, 3.63) is 53.6 Å². The van der Waals surface area contributed by atoms with Crippen LogP contribution in [-0.4, -0.2) is 28.0 Å². The molecular weight excluding hydrogens is 258 g/mol. The Balaban J connectivity index is 2.31. The number of ether oxygens (including phenoxy) is 1. The van der Waals surface area contributed by atoms with E-state index in [1.54, 1.807) is 11.5 Å². The van der Waals surface area contributed by atoms with Gasteiger partial charge in [-0.25, -0.2) is 9.78 Å². The minimum Gasteiger partial charge on any atom is -0.461 e. The highest BCUT2D eigenvalue weighted by Crippen LogP contribution is 2.09.